The average Bonchev–Trinajstić information content (AvgIpc) is 3.27. The molecule has 1 aromatic carbocycles. The number of carbonyl (C=O) groups is 1. The van der Waals surface area contributed by atoms with Crippen molar-refractivity contribution in [3.63, 3.8) is 0 Å². The first-order chi connectivity index (χ1) is 12.6. The Morgan fingerprint density at radius 1 is 1.27 bits per heavy atom. The van der Waals surface area contributed by atoms with Crippen molar-refractivity contribution in [2.75, 3.05) is 37.7 Å². The van der Waals surface area contributed by atoms with Crippen molar-refractivity contribution < 1.29 is 14.1 Å². The van der Waals surface area contributed by atoms with Crippen molar-refractivity contribution in [2.45, 2.75) is 13.8 Å². The highest BCUT2D eigenvalue weighted by Gasteiger charge is 2.26. The van der Waals surface area contributed by atoms with E-state index in [1.165, 1.54) is 0 Å². The van der Waals surface area contributed by atoms with Gasteiger partial charge in [-0.25, -0.2) is 4.98 Å². The minimum atomic E-state index is -0.101. The zero-order valence-corrected chi connectivity index (χ0v) is 15.6. The molecule has 7 nitrogen and oxygen atoms in total. The highest BCUT2D eigenvalue weighted by Crippen LogP contribution is 2.32. The Morgan fingerprint density at radius 3 is 2.77 bits per heavy atom. The van der Waals surface area contributed by atoms with Crippen LogP contribution in [0.5, 0.6) is 5.75 Å². The van der Waals surface area contributed by atoms with Gasteiger partial charge in [-0.05, 0) is 32.0 Å². The van der Waals surface area contributed by atoms with Crippen LogP contribution in [0, 0.1) is 6.92 Å². The molecule has 3 aromatic rings. The number of aryl methyl sites for hydroxylation is 1. The minimum Gasteiger partial charge on any atom is -0.494 e. The van der Waals surface area contributed by atoms with Gasteiger partial charge in [0.15, 0.2) is 5.13 Å². The van der Waals surface area contributed by atoms with E-state index < -0.39 is 0 Å². The summed E-state index contributed by atoms with van der Waals surface area (Å²) in [6.07, 6.45) is 0. The smallest absolute Gasteiger partial charge is 0.292 e. The largest absolute Gasteiger partial charge is 0.494 e. The van der Waals surface area contributed by atoms with Crippen LogP contribution in [-0.4, -0.2) is 53.7 Å². The molecule has 3 heterocycles. The fourth-order valence-corrected chi connectivity index (χ4v) is 4.05. The number of ether oxygens (including phenoxy) is 1. The van der Waals surface area contributed by atoms with Crippen LogP contribution in [0.3, 0.4) is 0 Å². The van der Waals surface area contributed by atoms with Gasteiger partial charge in [-0.3, -0.25) is 4.79 Å². The molecule has 4 rings (SSSR count). The lowest BCUT2D eigenvalue weighted by molar-refractivity contribution is 0.0704. The fourth-order valence-electron chi connectivity index (χ4n) is 3.01. The highest BCUT2D eigenvalue weighted by atomic mass is 32.1. The summed E-state index contributed by atoms with van der Waals surface area (Å²) in [7, 11) is 0. The first-order valence-electron chi connectivity index (χ1n) is 8.65. The predicted molar refractivity (Wildman–Crippen MR) is 100 cm³/mol. The van der Waals surface area contributed by atoms with Gasteiger partial charge in [0.1, 0.15) is 5.75 Å². The zero-order chi connectivity index (χ0) is 18.1. The maximum atomic E-state index is 12.4. The monoisotopic (exact) mass is 372 g/mol. The van der Waals surface area contributed by atoms with Gasteiger partial charge >= 0.3 is 0 Å². The van der Waals surface area contributed by atoms with Crippen LogP contribution >= 0.6 is 11.3 Å². The second kappa shape index (κ2) is 6.95. The summed E-state index contributed by atoms with van der Waals surface area (Å²) in [6.45, 7) is 7.20. The van der Waals surface area contributed by atoms with Gasteiger partial charge in [-0.1, -0.05) is 16.5 Å². The normalized spacial score (nSPS) is 14.8. The summed E-state index contributed by atoms with van der Waals surface area (Å²) in [5.74, 6) is 1.07. The maximum absolute atomic E-state index is 12.4. The van der Waals surface area contributed by atoms with Crippen LogP contribution in [-0.2, 0) is 0 Å². The van der Waals surface area contributed by atoms with E-state index in [9.17, 15) is 4.79 Å². The summed E-state index contributed by atoms with van der Waals surface area (Å²) >= 11 is 1.66. The van der Waals surface area contributed by atoms with E-state index in [1.807, 2.05) is 32.0 Å². The van der Waals surface area contributed by atoms with Crippen molar-refractivity contribution in [2.24, 2.45) is 0 Å². The molecule has 1 fully saturated rings. The molecule has 136 valence electrons. The molecule has 0 spiro atoms. The van der Waals surface area contributed by atoms with Gasteiger partial charge in [0, 0.05) is 32.2 Å². The topological polar surface area (TPSA) is 71.7 Å². The molecule has 0 radical (unpaired) electrons. The SMILES string of the molecule is CCOc1ccc2nc(N3CCN(C(=O)c4cc(C)no4)CC3)sc2c1. The number of thiazole rings is 1. The van der Waals surface area contributed by atoms with Crippen LogP contribution in [0.4, 0.5) is 5.13 Å². The number of nitrogens with zero attached hydrogens (tertiary/aromatic N) is 4. The lowest BCUT2D eigenvalue weighted by atomic mass is 10.3. The Morgan fingerprint density at radius 2 is 2.08 bits per heavy atom. The Labute approximate surface area is 155 Å². The number of anilines is 1. The molecule has 8 heteroatoms. The Balaban J connectivity index is 1.44. The van der Waals surface area contributed by atoms with Gasteiger partial charge in [0.2, 0.25) is 5.76 Å². The highest BCUT2D eigenvalue weighted by molar-refractivity contribution is 7.22. The van der Waals surface area contributed by atoms with Crippen LogP contribution in [0.25, 0.3) is 10.2 Å². The number of fused-ring (bicyclic) bond motifs is 1. The Kier molecular flexibility index (Phi) is 4.50. The number of hydrogen-bond acceptors (Lipinski definition) is 7. The Hall–Kier alpha value is -2.61. The van der Waals surface area contributed by atoms with Gasteiger partial charge in [-0.2, -0.15) is 0 Å². The lowest BCUT2D eigenvalue weighted by Gasteiger charge is -2.33. The van der Waals surface area contributed by atoms with Crippen LogP contribution < -0.4 is 9.64 Å². The standard InChI is InChI=1S/C18H20N4O3S/c1-3-24-13-4-5-14-16(11-13)26-18(19-14)22-8-6-21(7-9-22)17(23)15-10-12(2)20-25-15/h4-5,10-11H,3,6-9H2,1-2H3. The third-order valence-electron chi connectivity index (χ3n) is 4.34. The number of hydrogen-bond donors (Lipinski definition) is 0. The number of aromatic nitrogens is 2. The predicted octanol–water partition coefficient (Wildman–Crippen LogP) is 2.95. The molecule has 0 aliphatic carbocycles. The molecule has 0 bridgehead atoms. The first-order valence-corrected chi connectivity index (χ1v) is 9.46. The summed E-state index contributed by atoms with van der Waals surface area (Å²) in [6, 6.07) is 7.65. The van der Waals surface area contributed by atoms with Gasteiger partial charge in [-0.15, -0.1) is 0 Å². The summed E-state index contributed by atoms with van der Waals surface area (Å²) in [5, 5.41) is 4.77. The van der Waals surface area contributed by atoms with Crippen LogP contribution in [0.1, 0.15) is 23.2 Å². The number of piperazine rings is 1. The van der Waals surface area contributed by atoms with Gasteiger partial charge < -0.3 is 19.1 Å². The molecule has 0 saturated carbocycles. The molecule has 1 amide bonds. The molecule has 1 aliphatic heterocycles. The second-order valence-electron chi connectivity index (χ2n) is 6.17. The van der Waals surface area contributed by atoms with Crippen molar-refractivity contribution in [3.05, 3.63) is 35.7 Å². The van der Waals surface area contributed by atoms with Crippen molar-refractivity contribution in [3.8, 4) is 5.75 Å². The molecule has 26 heavy (non-hydrogen) atoms. The summed E-state index contributed by atoms with van der Waals surface area (Å²) in [5.41, 5.74) is 1.69. The average molecular weight is 372 g/mol. The van der Waals surface area contributed by atoms with Crippen molar-refractivity contribution in [1.29, 1.82) is 0 Å². The van der Waals surface area contributed by atoms with E-state index >= 15 is 0 Å². The third kappa shape index (κ3) is 3.24. The lowest BCUT2D eigenvalue weighted by Crippen LogP contribution is -2.48. The number of carbonyl (C=O) groups excluding carboxylic acids is 1. The molecule has 1 aliphatic rings. The van der Waals surface area contributed by atoms with Gasteiger partial charge in [0.05, 0.1) is 22.5 Å². The first kappa shape index (κ1) is 16.8. The maximum Gasteiger partial charge on any atom is 0.292 e. The molecule has 2 aromatic heterocycles. The van der Waals surface area contributed by atoms with Gasteiger partial charge in [0.25, 0.3) is 5.91 Å². The van der Waals surface area contributed by atoms with E-state index in [2.05, 4.69) is 10.1 Å². The van der Waals surface area contributed by atoms with E-state index in [0.29, 0.717) is 31.2 Å². The summed E-state index contributed by atoms with van der Waals surface area (Å²) < 4.78 is 11.8. The van der Waals surface area contributed by atoms with Crippen molar-refractivity contribution in [1.82, 2.24) is 15.0 Å². The van der Waals surface area contributed by atoms with Crippen LogP contribution in [0.15, 0.2) is 28.8 Å². The van der Waals surface area contributed by atoms with E-state index in [4.69, 9.17) is 14.2 Å². The second-order valence-corrected chi connectivity index (χ2v) is 7.18. The van der Waals surface area contributed by atoms with E-state index in [0.717, 1.165) is 34.2 Å². The third-order valence-corrected chi connectivity index (χ3v) is 5.41. The number of benzene rings is 1. The quantitative estimate of drug-likeness (QED) is 0.701. The molecule has 0 N–H and O–H groups in total. The van der Waals surface area contributed by atoms with Crippen LogP contribution in [0.2, 0.25) is 0 Å². The zero-order valence-electron chi connectivity index (χ0n) is 14.8. The van der Waals surface area contributed by atoms with E-state index in [-0.39, 0.29) is 5.91 Å². The molecule has 0 atom stereocenters. The minimum absolute atomic E-state index is 0.101. The number of rotatable bonds is 4. The molecule has 0 unspecified atom stereocenters. The molecular weight excluding hydrogens is 352 g/mol. The summed E-state index contributed by atoms with van der Waals surface area (Å²) in [4.78, 5) is 21.2. The number of amides is 1. The fraction of sp³-hybridized carbons (Fsp3) is 0.389. The van der Waals surface area contributed by atoms with Crippen molar-refractivity contribution >= 4 is 32.6 Å². The molecule has 1 saturated heterocycles. The molecular formula is C18H20N4O3S. The van der Waals surface area contributed by atoms with E-state index in [1.54, 1.807) is 22.3 Å². The Bertz CT molecular complexity index is 928.